The van der Waals surface area contributed by atoms with Gasteiger partial charge in [0, 0.05) is 37.4 Å². The summed E-state index contributed by atoms with van der Waals surface area (Å²) >= 11 is 0. The number of aliphatic hydroxyl groups is 1. The second-order valence-electron chi connectivity index (χ2n) is 6.36. The molecule has 138 valence electrons. The zero-order valence-electron chi connectivity index (χ0n) is 14.4. The number of hydrogen-bond acceptors (Lipinski definition) is 7. The van der Waals surface area contributed by atoms with E-state index >= 15 is 0 Å². The molecule has 2 aromatic rings. The van der Waals surface area contributed by atoms with Gasteiger partial charge in [-0.1, -0.05) is 18.2 Å². The molecule has 1 saturated heterocycles. The van der Waals surface area contributed by atoms with Gasteiger partial charge in [0.1, 0.15) is 18.0 Å². The quantitative estimate of drug-likeness (QED) is 0.411. The van der Waals surface area contributed by atoms with Crippen LogP contribution < -0.4 is 11.2 Å². The number of aliphatic hydroxyl groups excluding tert-OH is 1. The normalized spacial score (nSPS) is 17.5. The minimum Gasteiger partial charge on any atom is -0.387 e. The minimum absolute atomic E-state index is 0.261. The van der Waals surface area contributed by atoms with Crippen LogP contribution in [0.4, 0.5) is 10.2 Å². The van der Waals surface area contributed by atoms with Crippen molar-refractivity contribution in [2.24, 2.45) is 10.9 Å². The third-order valence-corrected chi connectivity index (χ3v) is 4.58. The maximum Gasteiger partial charge on any atom is 0.138 e. The number of hydrazone groups is 1. The van der Waals surface area contributed by atoms with E-state index in [1.165, 1.54) is 18.6 Å². The van der Waals surface area contributed by atoms with Gasteiger partial charge in [-0.15, -0.1) is 0 Å². The molecule has 2 heterocycles. The van der Waals surface area contributed by atoms with E-state index in [1.54, 1.807) is 24.4 Å². The Morgan fingerprint density at radius 3 is 2.88 bits per heavy atom. The van der Waals surface area contributed by atoms with Gasteiger partial charge in [0.15, 0.2) is 0 Å². The molecule has 8 heteroatoms. The van der Waals surface area contributed by atoms with Gasteiger partial charge in [0.2, 0.25) is 0 Å². The molecule has 0 bridgehead atoms. The van der Waals surface area contributed by atoms with Gasteiger partial charge in [-0.3, -0.25) is 0 Å². The molecular formula is C18H23FN6O. The third-order valence-electron chi connectivity index (χ3n) is 4.58. The number of nitrogens with one attached hydrogen (secondary N) is 1. The number of piperidine rings is 1. The molecule has 1 atom stereocenters. The highest BCUT2D eigenvalue weighted by Gasteiger charge is 2.23. The Bertz CT molecular complexity index is 748. The van der Waals surface area contributed by atoms with Gasteiger partial charge in [-0.05, 0) is 18.9 Å². The summed E-state index contributed by atoms with van der Waals surface area (Å²) in [5.41, 5.74) is 1.09. The molecule has 0 aliphatic carbocycles. The second kappa shape index (κ2) is 8.68. The van der Waals surface area contributed by atoms with E-state index in [4.69, 9.17) is 5.84 Å². The summed E-state index contributed by atoms with van der Waals surface area (Å²) in [5, 5.41) is 17.2. The van der Waals surface area contributed by atoms with E-state index in [0.29, 0.717) is 17.9 Å². The van der Waals surface area contributed by atoms with Crippen molar-refractivity contribution in [3.63, 3.8) is 0 Å². The summed E-state index contributed by atoms with van der Waals surface area (Å²) in [6.45, 7) is 2.05. The Labute approximate surface area is 151 Å². The molecule has 26 heavy (non-hydrogen) atoms. The summed E-state index contributed by atoms with van der Waals surface area (Å²) < 4.78 is 13.8. The molecule has 1 aromatic carbocycles. The van der Waals surface area contributed by atoms with E-state index < -0.39 is 6.10 Å². The zero-order chi connectivity index (χ0) is 18.4. The molecule has 0 spiro atoms. The van der Waals surface area contributed by atoms with E-state index in [-0.39, 0.29) is 11.9 Å². The van der Waals surface area contributed by atoms with Gasteiger partial charge in [0.25, 0.3) is 0 Å². The van der Waals surface area contributed by atoms with Crippen LogP contribution >= 0.6 is 0 Å². The van der Waals surface area contributed by atoms with Crippen molar-refractivity contribution in [2.45, 2.75) is 25.0 Å². The average molecular weight is 358 g/mol. The van der Waals surface area contributed by atoms with Crippen molar-refractivity contribution in [2.75, 3.05) is 25.0 Å². The first-order valence-electron chi connectivity index (χ1n) is 8.62. The maximum atomic E-state index is 13.8. The number of rotatable bonds is 6. The first-order valence-corrected chi connectivity index (χ1v) is 8.62. The Hall–Kier alpha value is -2.58. The molecule has 7 nitrogen and oxygen atoms in total. The van der Waals surface area contributed by atoms with Crippen LogP contribution in [0, 0.1) is 5.82 Å². The fourth-order valence-corrected chi connectivity index (χ4v) is 3.18. The highest BCUT2D eigenvalue weighted by Crippen LogP contribution is 2.21. The van der Waals surface area contributed by atoms with Crippen LogP contribution in [0.1, 0.15) is 30.1 Å². The van der Waals surface area contributed by atoms with E-state index in [1.807, 2.05) is 0 Å². The number of hydrogen-bond donors (Lipinski definition) is 3. The molecule has 0 radical (unpaired) electrons. The number of nitrogens with two attached hydrogens (primary N) is 1. The molecule has 1 aliphatic rings. The third kappa shape index (κ3) is 4.53. The summed E-state index contributed by atoms with van der Waals surface area (Å²) in [5.74, 6) is 5.56. The Morgan fingerprint density at radius 1 is 1.38 bits per heavy atom. The number of anilines is 1. The highest BCUT2D eigenvalue weighted by molar-refractivity contribution is 5.85. The van der Waals surface area contributed by atoms with Crippen LogP contribution in [0.15, 0.2) is 41.9 Å². The summed E-state index contributed by atoms with van der Waals surface area (Å²) in [6, 6.07) is 6.63. The number of benzene rings is 1. The molecule has 0 amide bonds. The summed E-state index contributed by atoms with van der Waals surface area (Å²) in [6.07, 6.45) is 5.62. The van der Waals surface area contributed by atoms with Crippen molar-refractivity contribution in [1.29, 1.82) is 0 Å². The molecule has 0 unspecified atom stereocenters. The van der Waals surface area contributed by atoms with Crippen LogP contribution in [0.3, 0.4) is 0 Å². The van der Waals surface area contributed by atoms with Crippen molar-refractivity contribution < 1.29 is 9.50 Å². The first kappa shape index (κ1) is 18.2. The molecule has 4 N–H and O–H groups in total. The molecule has 0 saturated carbocycles. The SMILES string of the molecule is N/N=C\c1cncnc1NC1CCN(C[C@H](O)c2ccccc2F)CC1. The fourth-order valence-electron chi connectivity index (χ4n) is 3.18. The largest absolute Gasteiger partial charge is 0.387 e. The lowest BCUT2D eigenvalue weighted by molar-refractivity contribution is 0.0965. The lowest BCUT2D eigenvalue weighted by Crippen LogP contribution is -2.41. The van der Waals surface area contributed by atoms with Crippen molar-refractivity contribution in [1.82, 2.24) is 14.9 Å². The highest BCUT2D eigenvalue weighted by atomic mass is 19.1. The van der Waals surface area contributed by atoms with Gasteiger partial charge in [0.05, 0.1) is 17.9 Å². The van der Waals surface area contributed by atoms with Gasteiger partial charge < -0.3 is 21.2 Å². The number of likely N-dealkylation sites (tertiary alicyclic amines) is 1. The Balaban J connectivity index is 1.53. The van der Waals surface area contributed by atoms with Gasteiger partial charge in [-0.2, -0.15) is 5.10 Å². The van der Waals surface area contributed by atoms with Crippen molar-refractivity contribution in [3.05, 3.63) is 53.7 Å². The van der Waals surface area contributed by atoms with E-state index in [0.717, 1.165) is 31.5 Å². The van der Waals surface area contributed by atoms with Crippen molar-refractivity contribution >= 4 is 12.0 Å². The zero-order valence-corrected chi connectivity index (χ0v) is 14.4. The predicted octanol–water partition coefficient (Wildman–Crippen LogP) is 1.52. The smallest absolute Gasteiger partial charge is 0.138 e. The minimum atomic E-state index is -0.824. The predicted molar refractivity (Wildman–Crippen MR) is 98.3 cm³/mol. The number of β-amino-alcohol motifs (C(OH)–C–C–N with tert-alkyl or cyclic N) is 1. The van der Waals surface area contributed by atoms with Crippen LogP contribution in [0.25, 0.3) is 0 Å². The molecule has 1 aromatic heterocycles. The lowest BCUT2D eigenvalue weighted by atomic mass is 10.0. The Kier molecular flexibility index (Phi) is 6.08. The summed E-state index contributed by atoms with van der Waals surface area (Å²) in [7, 11) is 0. The molecule has 1 fully saturated rings. The first-order chi connectivity index (χ1) is 12.7. The van der Waals surface area contributed by atoms with Crippen LogP contribution in [-0.4, -0.2) is 51.9 Å². The molecular weight excluding hydrogens is 335 g/mol. The summed E-state index contributed by atoms with van der Waals surface area (Å²) in [4.78, 5) is 10.4. The number of nitrogens with zero attached hydrogens (tertiary/aromatic N) is 4. The number of halogens is 1. The van der Waals surface area contributed by atoms with Gasteiger partial charge >= 0.3 is 0 Å². The molecule has 3 rings (SSSR count). The molecule has 1 aliphatic heterocycles. The Morgan fingerprint density at radius 2 is 2.15 bits per heavy atom. The number of aromatic nitrogens is 2. The lowest BCUT2D eigenvalue weighted by Gasteiger charge is -2.34. The fraction of sp³-hybridized carbons (Fsp3) is 0.389. The van der Waals surface area contributed by atoms with Gasteiger partial charge in [-0.25, -0.2) is 14.4 Å². The maximum absolute atomic E-state index is 13.8. The van der Waals surface area contributed by atoms with E-state index in [2.05, 4.69) is 25.3 Å². The van der Waals surface area contributed by atoms with Crippen LogP contribution in [0.2, 0.25) is 0 Å². The monoisotopic (exact) mass is 358 g/mol. The second-order valence-corrected chi connectivity index (χ2v) is 6.36. The average Bonchev–Trinajstić information content (AvgIpc) is 2.65. The topological polar surface area (TPSA) is 99.7 Å². The van der Waals surface area contributed by atoms with Crippen LogP contribution in [-0.2, 0) is 0 Å². The van der Waals surface area contributed by atoms with Crippen LogP contribution in [0.5, 0.6) is 0 Å². The standard InChI is InChI=1S/C18H23FN6O/c19-16-4-2-1-3-15(16)17(26)11-25-7-5-14(6-8-25)24-18-13(10-23-20)9-21-12-22-18/h1-4,9-10,12,14,17,26H,5-8,11,20H2,(H,21,22,24)/b23-10-/t17-/m0/s1. The van der Waals surface area contributed by atoms with E-state index in [9.17, 15) is 9.50 Å². The van der Waals surface area contributed by atoms with Crippen molar-refractivity contribution in [3.8, 4) is 0 Å².